The maximum atomic E-state index is 15.6. The summed E-state index contributed by atoms with van der Waals surface area (Å²) in [4.78, 5) is 62.6. The van der Waals surface area contributed by atoms with Crippen molar-refractivity contribution in [3.05, 3.63) is 65.1 Å². The zero-order chi connectivity index (χ0) is 64.9. The summed E-state index contributed by atoms with van der Waals surface area (Å²) < 4.78 is 71.9. The molecule has 19 atom stereocenters. The van der Waals surface area contributed by atoms with Crippen molar-refractivity contribution in [2.75, 3.05) is 65.7 Å². The molecule has 0 saturated carbocycles. The number of nitrogens with one attached hydrogen (secondary N) is 4. The Kier molecular flexibility index (Phi) is 26.9. The number of ether oxygens (including phenoxy) is 12. The van der Waals surface area contributed by atoms with Crippen molar-refractivity contribution in [1.29, 1.82) is 0 Å². The van der Waals surface area contributed by atoms with Gasteiger partial charge in [-0.3, -0.25) is 19.7 Å². The van der Waals surface area contributed by atoms with Crippen LogP contribution in [0.25, 0.3) is 0 Å². The molecule has 492 valence electrons. The molecule has 4 heterocycles. The van der Waals surface area contributed by atoms with E-state index in [1.807, 2.05) is 33.3 Å². The Labute approximate surface area is 534 Å². The van der Waals surface area contributed by atoms with Gasteiger partial charge in [0, 0.05) is 67.4 Å². The number of hydrogen-bond donors (Lipinski definition) is 8. The van der Waals surface area contributed by atoms with Crippen molar-refractivity contribution in [2.45, 2.75) is 175 Å². The minimum Gasteiger partial charge on any atom is -0.493 e. The number of hydroxylamine groups is 1. The minimum absolute atomic E-state index is 0.0837. The smallest absolute Gasteiger partial charge is 0.411 e. The third-order valence-corrected chi connectivity index (χ3v) is 20.7. The van der Waals surface area contributed by atoms with Crippen molar-refractivity contribution in [3.63, 3.8) is 0 Å². The van der Waals surface area contributed by atoms with Gasteiger partial charge in [0.25, 0.3) is 5.91 Å². The summed E-state index contributed by atoms with van der Waals surface area (Å²) in [6.45, 7) is 12.9. The molecule has 7 rings (SSSR count). The standard InChI is InChI=1S/C60H82N4O21S4/c1-29(2)61-39-28-78-34(23-42(39)74-8)22-36-52(67)49(64-85-47-26-40(65)54(86-12)32(5)80-47)30(3)81-58(36)83-41-18-16-14-15-17-20-60(72)37(19-21-88-89-87-13)48(41)50(63-59(71)77-11)53(68)55(60)84-46-27-45(51(66)31(4)79-46)82-57(70)35-24-43(75-9)44(76-10)25-38(35)62-56(69)33(6)73-7/h14-15,19,24-25,29-32,34,36,39-42,45-47,49,51-52,54-55,58,61,64-67,72H,6,21-23,26-28H2,1-5,7-13H3,(H,62,69)(H,63,71)/b15-14-,37-19+/t30-,31+,32-,34+,36-,39+,40+,41+,42+,45+,46+,47+,49-,51+,52-,54-,55-,58+,60-/m1/s1. The molecular weight excluding hydrogens is 1240 g/mol. The number of aliphatic hydroxyl groups is 4. The highest BCUT2D eigenvalue weighted by atomic mass is 33.5. The van der Waals surface area contributed by atoms with Crippen molar-refractivity contribution < 1.29 is 101 Å². The summed E-state index contributed by atoms with van der Waals surface area (Å²) in [7, 11) is 10.9. The fourth-order valence-electron chi connectivity index (χ4n) is 11.3. The van der Waals surface area contributed by atoms with Crippen LogP contribution in [0, 0.1) is 29.6 Å². The number of thioether (sulfide) groups is 1. The monoisotopic (exact) mass is 1320 g/mol. The van der Waals surface area contributed by atoms with Crippen molar-refractivity contribution in [2.24, 2.45) is 5.92 Å². The average molecular weight is 1320 g/mol. The number of amides is 2. The van der Waals surface area contributed by atoms with Gasteiger partial charge in [0.1, 0.15) is 18.3 Å². The van der Waals surface area contributed by atoms with Gasteiger partial charge in [-0.15, -0.1) is 0 Å². The van der Waals surface area contributed by atoms with Crippen LogP contribution >= 0.6 is 43.2 Å². The van der Waals surface area contributed by atoms with Gasteiger partial charge in [-0.1, -0.05) is 71.8 Å². The summed E-state index contributed by atoms with van der Waals surface area (Å²) >= 11 is 1.49. The zero-order valence-electron chi connectivity index (χ0n) is 51.7. The second-order valence-electron chi connectivity index (χ2n) is 21.9. The first-order chi connectivity index (χ1) is 42.5. The average Bonchev–Trinajstić information content (AvgIpc) is 0.971. The van der Waals surface area contributed by atoms with Crippen molar-refractivity contribution >= 4 is 72.6 Å². The lowest BCUT2D eigenvalue weighted by molar-refractivity contribution is -0.293. The Morgan fingerprint density at radius 2 is 1.60 bits per heavy atom. The van der Waals surface area contributed by atoms with Crippen molar-refractivity contribution in [3.8, 4) is 35.2 Å². The molecule has 29 heteroatoms. The number of methoxy groups -OCH3 is 5. The maximum absolute atomic E-state index is 15.6. The van der Waals surface area contributed by atoms with E-state index < -0.39 is 127 Å². The molecule has 4 fully saturated rings. The van der Waals surface area contributed by atoms with E-state index in [9.17, 15) is 34.8 Å². The second-order valence-corrected chi connectivity index (χ2v) is 27.3. The SMILES string of the molecule is C=C(OC)C(=O)Nc1cc(OC)c(OC)cc1C(=O)O[C@H]1C[C@H](O[C@@H]2C(=O)C(NC(=O)OC)=C3/C(=C\CSSSC)[C@]2(O)C#C/C=C\C#C[C@@H]3O[C@@H]2O[C@H](C)[C@@H](NO[C@H]3C[C@H](O)[C@H](SC)[C@@H](C)O3)[C@H](O)[C@H]2C[C@H]2C[C@H](OC)[C@@H](NC(C)C)CO2)O[C@@H](C)[C@@H]1O. The fourth-order valence-corrected chi connectivity index (χ4v) is 14.6. The molecule has 0 radical (unpaired) electrons. The third-order valence-electron chi connectivity index (χ3n) is 15.8. The molecule has 2 aliphatic carbocycles. The van der Waals surface area contributed by atoms with Crippen LogP contribution in [0.15, 0.2) is 59.5 Å². The molecule has 8 N–H and O–H groups in total. The highest BCUT2D eigenvalue weighted by Gasteiger charge is 2.57. The van der Waals surface area contributed by atoms with Crippen LogP contribution < -0.4 is 30.9 Å². The van der Waals surface area contributed by atoms with E-state index in [1.165, 1.54) is 95.7 Å². The van der Waals surface area contributed by atoms with Crippen LogP contribution in [0.1, 0.15) is 70.7 Å². The van der Waals surface area contributed by atoms with E-state index >= 15 is 4.79 Å². The lowest BCUT2D eigenvalue weighted by Gasteiger charge is -2.47. The molecule has 4 aliphatic heterocycles. The van der Waals surface area contributed by atoms with Crippen LogP contribution in [0.5, 0.6) is 11.5 Å². The number of ketones is 1. The summed E-state index contributed by atoms with van der Waals surface area (Å²) in [6, 6.07) is 1.65. The van der Waals surface area contributed by atoms with Crippen LogP contribution in [-0.2, 0) is 61.8 Å². The first kappa shape index (κ1) is 71.9. The van der Waals surface area contributed by atoms with Crippen LogP contribution in [0.2, 0.25) is 0 Å². The first-order valence-electron chi connectivity index (χ1n) is 28.8. The molecule has 25 nitrogen and oxygen atoms in total. The highest BCUT2D eigenvalue weighted by Crippen LogP contribution is 2.45. The van der Waals surface area contributed by atoms with E-state index in [1.54, 1.807) is 20.1 Å². The number of esters is 1. The Morgan fingerprint density at radius 3 is 2.26 bits per heavy atom. The molecule has 0 spiro atoms. The topological polar surface area (TPSA) is 317 Å². The summed E-state index contributed by atoms with van der Waals surface area (Å²) in [5, 5.41) is 57.1. The first-order valence-corrected chi connectivity index (χ1v) is 34.1. The van der Waals surface area contributed by atoms with Crippen LogP contribution in [0.3, 0.4) is 0 Å². The minimum atomic E-state index is -2.63. The normalized spacial score (nSPS) is 34.4. The molecule has 1 aromatic carbocycles. The maximum Gasteiger partial charge on any atom is 0.411 e. The van der Waals surface area contributed by atoms with Crippen molar-refractivity contribution in [1.82, 2.24) is 16.1 Å². The van der Waals surface area contributed by atoms with Crippen LogP contribution in [-0.4, -0.2) is 220 Å². The summed E-state index contributed by atoms with van der Waals surface area (Å²) in [5.41, 5.74) is -0.686. The number of hydrogen-bond acceptors (Lipinski definition) is 27. The number of allylic oxidation sites excluding steroid dienone is 2. The number of fused-ring (bicyclic) bond motifs is 2. The van der Waals surface area contributed by atoms with E-state index in [4.69, 9.17) is 61.7 Å². The Morgan fingerprint density at radius 1 is 0.876 bits per heavy atom. The Hall–Kier alpha value is -4.58. The number of rotatable bonds is 25. The highest BCUT2D eigenvalue weighted by molar-refractivity contribution is 9.09. The molecule has 2 bridgehead atoms. The summed E-state index contributed by atoms with van der Waals surface area (Å²) in [6.07, 6.45) is -8.35. The Balaban J connectivity index is 1.27. The zero-order valence-corrected chi connectivity index (χ0v) is 54.9. The van der Waals surface area contributed by atoms with Crippen LogP contribution in [0.4, 0.5) is 10.5 Å². The van der Waals surface area contributed by atoms with E-state index in [0.29, 0.717) is 6.42 Å². The predicted molar refractivity (Wildman–Crippen MR) is 333 cm³/mol. The number of Topliss-reactive ketones (excluding diaryl/α,β-unsaturated/α-hetero) is 1. The molecule has 2 amide bonds. The Bertz CT molecular complexity index is 2890. The second kappa shape index (κ2) is 33.3. The van der Waals surface area contributed by atoms with Gasteiger partial charge in [-0.05, 0) is 61.7 Å². The fraction of sp³-hybridized carbons (Fsp3) is 0.633. The van der Waals surface area contributed by atoms with E-state index in [-0.39, 0.29) is 94.4 Å². The molecule has 0 unspecified atom stereocenters. The van der Waals surface area contributed by atoms with Gasteiger partial charge in [0.05, 0.1) is 112 Å². The molecule has 6 aliphatic rings. The van der Waals surface area contributed by atoms with Gasteiger partial charge in [-0.2, -0.15) is 17.2 Å². The van der Waals surface area contributed by atoms with Gasteiger partial charge in [0.2, 0.25) is 5.78 Å². The van der Waals surface area contributed by atoms with Gasteiger partial charge < -0.3 is 87.9 Å². The number of anilines is 1. The predicted octanol–water partition coefficient (Wildman–Crippen LogP) is 4.08. The largest absolute Gasteiger partial charge is 0.493 e. The quantitative estimate of drug-likeness (QED) is 0.0130. The number of carbonyl (C=O) groups excluding carboxylic acids is 4. The summed E-state index contributed by atoms with van der Waals surface area (Å²) in [5.74, 6) is 7.87. The lowest BCUT2D eigenvalue weighted by Crippen LogP contribution is -2.62. The van der Waals surface area contributed by atoms with Gasteiger partial charge >= 0.3 is 12.1 Å². The van der Waals surface area contributed by atoms with E-state index in [2.05, 4.69) is 51.7 Å². The number of aliphatic hydroxyl groups excluding tert-OH is 3. The third kappa shape index (κ3) is 17.6. The molecule has 1 aromatic rings. The molecular formula is C60H82N4O21S4. The number of carbonyl (C=O) groups is 4. The number of alkyl carbamates (subject to hydrolysis) is 1. The van der Waals surface area contributed by atoms with Gasteiger partial charge in [0.15, 0.2) is 47.8 Å². The molecule has 89 heavy (non-hydrogen) atoms. The molecule has 4 saturated heterocycles. The molecule has 0 aromatic heterocycles. The van der Waals surface area contributed by atoms with Gasteiger partial charge in [-0.25, -0.2) is 9.59 Å². The lowest BCUT2D eigenvalue weighted by atomic mass is 9.73. The van der Waals surface area contributed by atoms with E-state index in [0.717, 1.165) is 7.11 Å². The number of benzene rings is 1.